The number of amides is 3. The summed E-state index contributed by atoms with van der Waals surface area (Å²) in [4.78, 5) is 29.0. The van der Waals surface area contributed by atoms with Crippen molar-refractivity contribution in [3.63, 3.8) is 0 Å². The van der Waals surface area contributed by atoms with Gasteiger partial charge in [-0.1, -0.05) is 24.3 Å². The van der Waals surface area contributed by atoms with Crippen LogP contribution in [0.25, 0.3) is 0 Å². The molecule has 5 nitrogen and oxygen atoms in total. The van der Waals surface area contributed by atoms with Crippen LogP contribution in [0.2, 0.25) is 0 Å². The third-order valence-electron chi connectivity index (χ3n) is 4.86. The van der Waals surface area contributed by atoms with Crippen molar-refractivity contribution in [1.82, 2.24) is 10.2 Å². The average molecular weight is 380 g/mol. The van der Waals surface area contributed by atoms with Crippen LogP contribution in [0.3, 0.4) is 0 Å². The van der Waals surface area contributed by atoms with Crippen LogP contribution in [0.15, 0.2) is 48.5 Å². The molecule has 1 heterocycles. The maximum Gasteiger partial charge on any atom is 0.324 e. The molecule has 28 heavy (non-hydrogen) atoms. The Morgan fingerprint density at radius 2 is 1.71 bits per heavy atom. The molecule has 0 aliphatic carbocycles. The van der Waals surface area contributed by atoms with E-state index in [0.717, 1.165) is 18.7 Å². The molecule has 0 spiro atoms. The number of nitrogens with zero attached hydrogens (tertiary/aromatic N) is 2. The van der Waals surface area contributed by atoms with Gasteiger partial charge in [-0.15, -0.1) is 0 Å². The van der Waals surface area contributed by atoms with Gasteiger partial charge in [0.05, 0.1) is 0 Å². The van der Waals surface area contributed by atoms with Gasteiger partial charge >= 0.3 is 6.03 Å². The van der Waals surface area contributed by atoms with Crippen LogP contribution in [-0.2, 0) is 6.54 Å². The van der Waals surface area contributed by atoms with E-state index in [1.807, 2.05) is 49.9 Å². The summed E-state index contributed by atoms with van der Waals surface area (Å²) >= 11 is 0. The summed E-state index contributed by atoms with van der Waals surface area (Å²) in [5, 5.41) is 2.96. The van der Waals surface area contributed by atoms with Crippen molar-refractivity contribution in [3.05, 3.63) is 65.2 Å². The molecule has 0 unspecified atom stereocenters. The summed E-state index contributed by atoms with van der Waals surface area (Å²) < 4.78 is 0. The lowest BCUT2D eigenvalue weighted by Gasteiger charge is -2.36. The van der Waals surface area contributed by atoms with E-state index in [4.69, 9.17) is 0 Å². The van der Waals surface area contributed by atoms with E-state index in [0.29, 0.717) is 18.7 Å². The van der Waals surface area contributed by atoms with Crippen molar-refractivity contribution in [2.75, 3.05) is 18.0 Å². The van der Waals surface area contributed by atoms with E-state index in [1.54, 1.807) is 17.0 Å². The summed E-state index contributed by atoms with van der Waals surface area (Å²) in [6.45, 7) is 10.0. The lowest BCUT2D eigenvalue weighted by Crippen LogP contribution is -2.49. The van der Waals surface area contributed by atoms with Gasteiger partial charge in [0, 0.05) is 36.4 Å². The number of nitrogens with one attached hydrogen (secondary N) is 1. The molecule has 1 fully saturated rings. The maximum atomic E-state index is 13.0. The molecule has 1 saturated heterocycles. The predicted molar refractivity (Wildman–Crippen MR) is 113 cm³/mol. The minimum absolute atomic E-state index is 0.0152. The molecule has 0 aromatic heterocycles. The molecule has 0 atom stereocenters. The van der Waals surface area contributed by atoms with Crippen molar-refractivity contribution in [2.24, 2.45) is 0 Å². The molecule has 1 N–H and O–H groups in total. The predicted octanol–water partition coefficient (Wildman–Crippen LogP) is 4.36. The first-order valence-corrected chi connectivity index (χ1v) is 9.78. The van der Waals surface area contributed by atoms with E-state index in [-0.39, 0.29) is 17.5 Å². The molecule has 1 aliphatic heterocycles. The second-order valence-corrected chi connectivity index (χ2v) is 8.39. The molecule has 2 aromatic carbocycles. The minimum Gasteiger partial charge on any atom is -0.347 e. The van der Waals surface area contributed by atoms with Gasteiger partial charge in [0.2, 0.25) is 0 Å². The topological polar surface area (TPSA) is 52.6 Å². The van der Waals surface area contributed by atoms with E-state index >= 15 is 0 Å². The molecule has 3 amide bonds. The third kappa shape index (κ3) is 4.71. The van der Waals surface area contributed by atoms with Crippen molar-refractivity contribution in [3.8, 4) is 0 Å². The first-order valence-electron chi connectivity index (χ1n) is 9.78. The summed E-state index contributed by atoms with van der Waals surface area (Å²) in [6, 6.07) is 15.5. The molecule has 148 valence electrons. The normalized spacial score (nSPS) is 14.9. The van der Waals surface area contributed by atoms with Crippen molar-refractivity contribution < 1.29 is 9.59 Å². The smallest absolute Gasteiger partial charge is 0.324 e. The van der Waals surface area contributed by atoms with Crippen LogP contribution in [0.4, 0.5) is 10.5 Å². The fourth-order valence-electron chi connectivity index (χ4n) is 3.37. The molecule has 0 saturated carbocycles. The van der Waals surface area contributed by atoms with Gasteiger partial charge in [-0.05, 0) is 69.5 Å². The Morgan fingerprint density at radius 1 is 1.04 bits per heavy atom. The van der Waals surface area contributed by atoms with Gasteiger partial charge in [0.1, 0.15) is 0 Å². The molecule has 0 bridgehead atoms. The molecule has 1 aliphatic rings. The Balaban J connectivity index is 1.72. The fraction of sp³-hybridized carbons (Fsp3) is 0.391. The number of anilines is 1. The van der Waals surface area contributed by atoms with Gasteiger partial charge in [-0.3, -0.25) is 9.69 Å². The zero-order chi connectivity index (χ0) is 20.3. The Labute approximate surface area is 167 Å². The second-order valence-electron chi connectivity index (χ2n) is 8.39. The number of hydrogen-bond donors (Lipinski definition) is 1. The van der Waals surface area contributed by atoms with Crippen LogP contribution in [0.1, 0.15) is 48.7 Å². The number of urea groups is 1. The first kappa shape index (κ1) is 19.9. The van der Waals surface area contributed by atoms with Gasteiger partial charge < -0.3 is 10.2 Å². The fourth-order valence-corrected chi connectivity index (χ4v) is 3.37. The Kier molecular flexibility index (Phi) is 5.73. The second kappa shape index (κ2) is 8.05. The van der Waals surface area contributed by atoms with Crippen molar-refractivity contribution >= 4 is 17.6 Å². The SMILES string of the molecule is Cc1ccccc1CN1CCCN(c2ccc(C(=O)NC(C)(C)C)cc2)C1=O. The van der Waals surface area contributed by atoms with E-state index < -0.39 is 0 Å². The van der Waals surface area contributed by atoms with Gasteiger partial charge in [0.25, 0.3) is 5.91 Å². The zero-order valence-electron chi connectivity index (χ0n) is 17.2. The van der Waals surface area contributed by atoms with Gasteiger partial charge in [-0.25, -0.2) is 4.79 Å². The number of carbonyl (C=O) groups is 2. The van der Waals surface area contributed by atoms with Crippen LogP contribution in [0, 0.1) is 6.92 Å². The molecule has 0 radical (unpaired) electrons. The number of aryl methyl sites for hydroxylation is 1. The van der Waals surface area contributed by atoms with E-state index in [9.17, 15) is 9.59 Å². The first-order chi connectivity index (χ1) is 13.2. The lowest BCUT2D eigenvalue weighted by atomic mass is 10.1. The molecular formula is C23H29N3O2. The Hall–Kier alpha value is -2.82. The van der Waals surface area contributed by atoms with Crippen LogP contribution < -0.4 is 10.2 Å². The molecular weight excluding hydrogens is 350 g/mol. The molecule has 2 aromatic rings. The Bertz CT molecular complexity index is 853. The maximum absolute atomic E-state index is 13.0. The van der Waals surface area contributed by atoms with Crippen molar-refractivity contribution in [1.29, 1.82) is 0 Å². The third-order valence-corrected chi connectivity index (χ3v) is 4.86. The monoisotopic (exact) mass is 379 g/mol. The number of benzene rings is 2. The van der Waals surface area contributed by atoms with Crippen LogP contribution >= 0.6 is 0 Å². The highest BCUT2D eigenvalue weighted by Crippen LogP contribution is 2.23. The quantitative estimate of drug-likeness (QED) is 0.858. The van der Waals surface area contributed by atoms with E-state index in [2.05, 4.69) is 24.4 Å². The Morgan fingerprint density at radius 3 is 2.36 bits per heavy atom. The van der Waals surface area contributed by atoms with Gasteiger partial charge in [0.15, 0.2) is 0 Å². The summed E-state index contributed by atoms with van der Waals surface area (Å²) in [7, 11) is 0. The van der Waals surface area contributed by atoms with Gasteiger partial charge in [-0.2, -0.15) is 0 Å². The number of hydrogen-bond acceptors (Lipinski definition) is 2. The number of rotatable bonds is 4. The van der Waals surface area contributed by atoms with Crippen LogP contribution in [0.5, 0.6) is 0 Å². The lowest BCUT2D eigenvalue weighted by molar-refractivity contribution is 0.0919. The molecule has 5 heteroatoms. The van der Waals surface area contributed by atoms with E-state index in [1.165, 1.54) is 11.1 Å². The van der Waals surface area contributed by atoms with Crippen LogP contribution in [-0.4, -0.2) is 35.5 Å². The highest BCUT2D eigenvalue weighted by atomic mass is 16.2. The van der Waals surface area contributed by atoms with Crippen molar-refractivity contribution in [2.45, 2.75) is 46.2 Å². The zero-order valence-corrected chi connectivity index (χ0v) is 17.2. The average Bonchev–Trinajstić information content (AvgIpc) is 2.64. The highest BCUT2D eigenvalue weighted by molar-refractivity contribution is 5.96. The summed E-state index contributed by atoms with van der Waals surface area (Å²) in [5.41, 5.74) is 3.51. The minimum atomic E-state index is -0.283. The highest BCUT2D eigenvalue weighted by Gasteiger charge is 2.27. The summed E-state index contributed by atoms with van der Waals surface area (Å²) in [5.74, 6) is -0.106. The standard InChI is InChI=1S/C23H29N3O2/c1-17-8-5-6-9-19(17)16-25-14-7-15-26(22(25)28)20-12-10-18(11-13-20)21(27)24-23(2,3)4/h5-6,8-13H,7,14-16H2,1-4H3,(H,24,27). The summed E-state index contributed by atoms with van der Waals surface area (Å²) in [6.07, 6.45) is 0.921. The number of carbonyl (C=O) groups excluding carboxylic acids is 2. The molecule has 3 rings (SSSR count). The largest absolute Gasteiger partial charge is 0.347 e.